The maximum absolute atomic E-state index is 4.46. The van der Waals surface area contributed by atoms with Gasteiger partial charge in [0, 0.05) is 17.8 Å². The first kappa shape index (κ1) is 11.6. The number of aromatic nitrogens is 4. The van der Waals surface area contributed by atoms with Gasteiger partial charge in [0.05, 0.1) is 0 Å². The van der Waals surface area contributed by atoms with Gasteiger partial charge in [0.25, 0.3) is 5.78 Å². The van der Waals surface area contributed by atoms with Crippen LogP contribution in [0.25, 0.3) is 5.78 Å². The van der Waals surface area contributed by atoms with Crippen LogP contribution in [0.3, 0.4) is 0 Å². The Bertz CT molecular complexity index is 556. The number of rotatable bonds is 4. The average molecular weight is 231 g/mol. The van der Waals surface area contributed by atoms with E-state index < -0.39 is 0 Å². The van der Waals surface area contributed by atoms with E-state index >= 15 is 0 Å². The zero-order valence-corrected chi connectivity index (χ0v) is 10.5. The monoisotopic (exact) mass is 231 g/mol. The first-order chi connectivity index (χ1) is 8.17. The minimum absolute atomic E-state index is 0.642. The summed E-state index contributed by atoms with van der Waals surface area (Å²) in [5, 5.41) is 7.68. The molecule has 1 N–H and O–H groups in total. The third kappa shape index (κ3) is 2.00. The lowest BCUT2D eigenvalue weighted by Crippen LogP contribution is -2.11. The van der Waals surface area contributed by atoms with Crippen molar-refractivity contribution < 1.29 is 0 Å². The minimum Gasteiger partial charge on any atom is -0.366 e. The first-order valence-electron chi connectivity index (χ1n) is 5.75. The third-order valence-electron chi connectivity index (χ3n) is 2.67. The molecule has 2 rings (SSSR count). The Balaban J connectivity index is 2.66. The van der Waals surface area contributed by atoms with E-state index in [4.69, 9.17) is 0 Å². The van der Waals surface area contributed by atoms with E-state index in [9.17, 15) is 0 Å². The van der Waals surface area contributed by atoms with Crippen molar-refractivity contribution >= 4 is 11.6 Å². The average Bonchev–Trinajstić information content (AvgIpc) is 2.65. The molecule has 0 spiro atoms. The number of nitrogens with one attached hydrogen (secondary N) is 1. The van der Waals surface area contributed by atoms with Crippen LogP contribution in [-0.4, -0.2) is 26.1 Å². The van der Waals surface area contributed by atoms with Crippen LogP contribution in [0.1, 0.15) is 24.0 Å². The van der Waals surface area contributed by atoms with E-state index in [2.05, 4.69) is 33.9 Å². The Morgan fingerprint density at radius 2 is 2.12 bits per heavy atom. The zero-order chi connectivity index (χ0) is 12.4. The number of hydrogen-bond donors (Lipinski definition) is 1. The number of hydrogen-bond acceptors (Lipinski definition) is 4. The van der Waals surface area contributed by atoms with E-state index in [-0.39, 0.29) is 0 Å². The van der Waals surface area contributed by atoms with Gasteiger partial charge in [0.1, 0.15) is 11.6 Å². The molecule has 5 heteroatoms. The van der Waals surface area contributed by atoms with Gasteiger partial charge < -0.3 is 5.32 Å². The Morgan fingerprint density at radius 1 is 1.35 bits per heavy atom. The largest absolute Gasteiger partial charge is 0.366 e. The van der Waals surface area contributed by atoms with Gasteiger partial charge in [0.15, 0.2) is 0 Å². The van der Waals surface area contributed by atoms with Gasteiger partial charge in [-0.1, -0.05) is 13.0 Å². The van der Waals surface area contributed by atoms with Crippen LogP contribution in [-0.2, 0) is 6.42 Å². The Labute approximate surface area is 101 Å². The van der Waals surface area contributed by atoms with Crippen molar-refractivity contribution in [1.29, 1.82) is 0 Å². The summed E-state index contributed by atoms with van der Waals surface area (Å²) in [6, 6.07) is 0. The molecule has 2 aromatic rings. The summed E-state index contributed by atoms with van der Waals surface area (Å²) in [4.78, 5) is 8.75. The second kappa shape index (κ2) is 4.53. The molecule has 17 heavy (non-hydrogen) atoms. The second-order valence-electron chi connectivity index (χ2n) is 3.92. The molecule has 0 fully saturated rings. The molecule has 2 heterocycles. The molecule has 2 aromatic heterocycles. The molecule has 0 amide bonds. The molecule has 0 unspecified atom stereocenters. The highest BCUT2D eigenvalue weighted by atomic mass is 15.4. The Kier molecular flexibility index (Phi) is 3.08. The SMILES string of the molecule is C=CCNc1c(CC)c(C)nc2nc(C)nn12. The molecule has 5 nitrogen and oxygen atoms in total. The van der Waals surface area contributed by atoms with Gasteiger partial charge in [-0.2, -0.15) is 9.50 Å². The highest BCUT2D eigenvalue weighted by Gasteiger charge is 2.13. The van der Waals surface area contributed by atoms with Crippen molar-refractivity contribution in [3.8, 4) is 0 Å². The normalized spacial score (nSPS) is 10.8. The van der Waals surface area contributed by atoms with Crippen LogP contribution in [0.5, 0.6) is 0 Å². The number of aryl methyl sites for hydroxylation is 2. The Hall–Kier alpha value is -1.91. The number of anilines is 1. The van der Waals surface area contributed by atoms with Crippen LogP contribution >= 0.6 is 0 Å². The highest BCUT2D eigenvalue weighted by molar-refractivity contribution is 5.53. The van der Waals surface area contributed by atoms with Crippen LogP contribution in [0, 0.1) is 13.8 Å². The molecule has 0 aliphatic heterocycles. The lowest BCUT2D eigenvalue weighted by Gasteiger charge is -2.12. The van der Waals surface area contributed by atoms with Crippen molar-refractivity contribution in [2.75, 3.05) is 11.9 Å². The van der Waals surface area contributed by atoms with Gasteiger partial charge in [-0.25, -0.2) is 4.98 Å². The smallest absolute Gasteiger partial charge is 0.254 e. The molecule has 0 aromatic carbocycles. The van der Waals surface area contributed by atoms with Crippen molar-refractivity contribution in [2.24, 2.45) is 0 Å². The molecule has 0 aliphatic rings. The van der Waals surface area contributed by atoms with Crippen molar-refractivity contribution in [3.63, 3.8) is 0 Å². The molecule has 0 bridgehead atoms. The topological polar surface area (TPSA) is 55.1 Å². The summed E-state index contributed by atoms with van der Waals surface area (Å²) >= 11 is 0. The first-order valence-corrected chi connectivity index (χ1v) is 5.75. The zero-order valence-electron chi connectivity index (χ0n) is 10.5. The van der Waals surface area contributed by atoms with Crippen molar-refractivity contribution in [2.45, 2.75) is 27.2 Å². The van der Waals surface area contributed by atoms with Gasteiger partial charge in [-0.05, 0) is 20.3 Å². The Morgan fingerprint density at radius 3 is 2.76 bits per heavy atom. The maximum Gasteiger partial charge on any atom is 0.254 e. The quantitative estimate of drug-likeness (QED) is 0.816. The minimum atomic E-state index is 0.642. The summed E-state index contributed by atoms with van der Waals surface area (Å²) < 4.78 is 1.77. The van der Waals surface area contributed by atoms with Crippen molar-refractivity contribution in [1.82, 2.24) is 19.6 Å². The van der Waals surface area contributed by atoms with Gasteiger partial charge in [0.2, 0.25) is 0 Å². The van der Waals surface area contributed by atoms with E-state index in [1.165, 1.54) is 5.56 Å². The van der Waals surface area contributed by atoms with Crippen LogP contribution in [0.4, 0.5) is 5.82 Å². The number of nitrogens with zero attached hydrogens (tertiary/aromatic N) is 4. The van der Waals surface area contributed by atoms with Crippen LogP contribution in [0.15, 0.2) is 12.7 Å². The second-order valence-corrected chi connectivity index (χ2v) is 3.92. The predicted octanol–water partition coefficient (Wildman–Crippen LogP) is 1.90. The molecule has 0 atom stereocenters. The van der Waals surface area contributed by atoms with E-state index in [1.54, 1.807) is 4.52 Å². The highest BCUT2D eigenvalue weighted by Crippen LogP contribution is 2.19. The number of fused-ring (bicyclic) bond motifs is 1. The molecular formula is C12H17N5. The van der Waals surface area contributed by atoms with Crippen LogP contribution < -0.4 is 5.32 Å². The lowest BCUT2D eigenvalue weighted by atomic mass is 10.1. The van der Waals surface area contributed by atoms with Gasteiger partial charge >= 0.3 is 0 Å². The predicted molar refractivity (Wildman–Crippen MR) is 68.3 cm³/mol. The van der Waals surface area contributed by atoms with E-state index in [0.717, 1.165) is 23.8 Å². The molecule has 0 radical (unpaired) electrons. The summed E-state index contributed by atoms with van der Waals surface area (Å²) in [5.74, 6) is 2.34. The van der Waals surface area contributed by atoms with Crippen molar-refractivity contribution in [3.05, 3.63) is 29.7 Å². The maximum atomic E-state index is 4.46. The fourth-order valence-corrected chi connectivity index (χ4v) is 1.92. The molecular weight excluding hydrogens is 214 g/mol. The van der Waals surface area contributed by atoms with Gasteiger partial charge in [-0.3, -0.25) is 0 Å². The summed E-state index contributed by atoms with van der Waals surface area (Å²) in [7, 11) is 0. The standard InChI is InChI=1S/C12H17N5/c1-5-7-13-11-10(6-2)8(3)14-12-15-9(4)16-17(11)12/h5,13H,1,6-7H2,2-4H3. The van der Waals surface area contributed by atoms with E-state index in [0.29, 0.717) is 12.3 Å². The molecule has 90 valence electrons. The molecule has 0 saturated heterocycles. The summed E-state index contributed by atoms with van der Waals surface area (Å²) in [6.45, 7) is 10.4. The fraction of sp³-hybridized carbons (Fsp3) is 0.417. The van der Waals surface area contributed by atoms with Gasteiger partial charge in [-0.15, -0.1) is 11.7 Å². The molecule has 0 aliphatic carbocycles. The van der Waals surface area contributed by atoms with Crippen LogP contribution in [0.2, 0.25) is 0 Å². The fourth-order valence-electron chi connectivity index (χ4n) is 1.92. The molecule has 0 saturated carbocycles. The summed E-state index contributed by atoms with van der Waals surface area (Å²) in [5.41, 5.74) is 2.17. The third-order valence-corrected chi connectivity index (χ3v) is 2.67. The summed E-state index contributed by atoms with van der Waals surface area (Å²) in [6.07, 6.45) is 2.73. The lowest BCUT2D eigenvalue weighted by molar-refractivity contribution is 0.882. The van der Waals surface area contributed by atoms with E-state index in [1.807, 2.05) is 19.9 Å².